The lowest BCUT2D eigenvalue weighted by Crippen LogP contribution is -2.39. The monoisotopic (exact) mass is 298 g/mol. The average Bonchev–Trinajstić information content (AvgIpc) is 3.00. The second-order valence-corrected chi connectivity index (χ2v) is 5.99. The predicted octanol–water partition coefficient (Wildman–Crippen LogP) is 2.45. The number of aromatic amines is 1. The quantitative estimate of drug-likeness (QED) is 0.943. The number of nitrogens with one attached hydrogen (secondary N) is 1. The first-order valence-electron chi connectivity index (χ1n) is 7.90. The Hall–Kier alpha value is -2.17. The van der Waals surface area contributed by atoms with Gasteiger partial charge in [0.1, 0.15) is 5.82 Å². The van der Waals surface area contributed by atoms with Gasteiger partial charge in [-0.3, -0.25) is 9.78 Å². The van der Waals surface area contributed by atoms with Crippen molar-refractivity contribution in [2.24, 2.45) is 0 Å². The number of H-pyrrole nitrogens is 1. The van der Waals surface area contributed by atoms with E-state index in [2.05, 4.69) is 15.0 Å². The zero-order chi connectivity index (χ0) is 15.4. The number of amides is 1. The molecule has 1 fully saturated rings. The second-order valence-electron chi connectivity index (χ2n) is 5.99. The Morgan fingerprint density at radius 2 is 2.36 bits per heavy atom. The van der Waals surface area contributed by atoms with Crippen molar-refractivity contribution in [1.82, 2.24) is 19.9 Å². The molecule has 1 saturated heterocycles. The molecule has 5 nitrogen and oxygen atoms in total. The predicted molar refractivity (Wildman–Crippen MR) is 84.4 cm³/mol. The van der Waals surface area contributed by atoms with Gasteiger partial charge in [0.05, 0.1) is 0 Å². The first-order chi connectivity index (χ1) is 10.7. The van der Waals surface area contributed by atoms with E-state index in [1.807, 2.05) is 36.4 Å². The average molecular weight is 298 g/mol. The van der Waals surface area contributed by atoms with Crippen LogP contribution in [0, 0.1) is 6.92 Å². The van der Waals surface area contributed by atoms with E-state index in [1.165, 1.54) is 0 Å². The number of aromatic nitrogens is 3. The Labute approximate surface area is 130 Å². The summed E-state index contributed by atoms with van der Waals surface area (Å²) in [5, 5.41) is 0. The summed E-state index contributed by atoms with van der Waals surface area (Å²) in [4.78, 5) is 26.2. The molecule has 0 bridgehead atoms. The van der Waals surface area contributed by atoms with Crippen LogP contribution in [-0.4, -0.2) is 38.8 Å². The molecule has 3 heterocycles. The molecule has 0 spiro atoms. The van der Waals surface area contributed by atoms with Crippen LogP contribution >= 0.6 is 0 Å². The lowest BCUT2D eigenvalue weighted by Gasteiger charge is -2.32. The van der Waals surface area contributed by atoms with Gasteiger partial charge in [-0.15, -0.1) is 0 Å². The Balaban J connectivity index is 1.56. The molecule has 5 heteroatoms. The minimum atomic E-state index is 0.233. The van der Waals surface area contributed by atoms with Crippen molar-refractivity contribution < 1.29 is 4.79 Å². The standard InChI is InChI=1S/C17H22N4O/c1-13-10-19-17(20-13)15-5-3-9-21(12-15)16(22)7-6-14-4-2-8-18-11-14/h2,4,8,10-11,15H,3,5-7,9,12H2,1H3,(H,19,20). The van der Waals surface area contributed by atoms with Crippen molar-refractivity contribution in [2.75, 3.05) is 13.1 Å². The van der Waals surface area contributed by atoms with E-state index in [9.17, 15) is 4.79 Å². The van der Waals surface area contributed by atoms with Crippen LogP contribution in [0.25, 0.3) is 0 Å². The number of likely N-dealkylation sites (tertiary alicyclic amines) is 1. The fourth-order valence-electron chi connectivity index (χ4n) is 3.02. The number of imidazole rings is 1. The molecule has 0 aromatic carbocycles. The van der Waals surface area contributed by atoms with Crippen molar-refractivity contribution in [3.63, 3.8) is 0 Å². The minimum absolute atomic E-state index is 0.233. The SMILES string of the molecule is Cc1cnc(C2CCCN(C(=O)CCc3cccnc3)C2)[nH]1. The summed E-state index contributed by atoms with van der Waals surface area (Å²) in [6.45, 7) is 3.65. The zero-order valence-corrected chi connectivity index (χ0v) is 13.0. The third-order valence-electron chi connectivity index (χ3n) is 4.23. The van der Waals surface area contributed by atoms with Crippen molar-refractivity contribution in [3.05, 3.63) is 47.8 Å². The number of pyridine rings is 1. The highest BCUT2D eigenvalue weighted by atomic mass is 16.2. The molecule has 1 N–H and O–H groups in total. The van der Waals surface area contributed by atoms with Crippen LogP contribution in [0.5, 0.6) is 0 Å². The van der Waals surface area contributed by atoms with Gasteiger partial charge < -0.3 is 9.88 Å². The number of hydrogen-bond acceptors (Lipinski definition) is 3. The van der Waals surface area contributed by atoms with Crippen molar-refractivity contribution >= 4 is 5.91 Å². The van der Waals surface area contributed by atoms with Crippen LogP contribution in [0.1, 0.15) is 42.3 Å². The lowest BCUT2D eigenvalue weighted by molar-refractivity contribution is -0.132. The highest BCUT2D eigenvalue weighted by molar-refractivity contribution is 5.76. The van der Waals surface area contributed by atoms with Crippen molar-refractivity contribution in [2.45, 2.75) is 38.5 Å². The number of carbonyl (C=O) groups is 1. The summed E-state index contributed by atoms with van der Waals surface area (Å²) in [7, 11) is 0. The summed E-state index contributed by atoms with van der Waals surface area (Å²) < 4.78 is 0. The molecule has 0 radical (unpaired) electrons. The van der Waals surface area contributed by atoms with Crippen LogP contribution in [0.15, 0.2) is 30.7 Å². The van der Waals surface area contributed by atoms with Gasteiger partial charge in [-0.1, -0.05) is 6.07 Å². The summed E-state index contributed by atoms with van der Waals surface area (Å²) in [6, 6.07) is 3.93. The molecule has 1 unspecified atom stereocenters. The summed E-state index contributed by atoms with van der Waals surface area (Å²) in [6.07, 6.45) is 8.90. The second kappa shape index (κ2) is 6.73. The van der Waals surface area contributed by atoms with Crippen LogP contribution in [-0.2, 0) is 11.2 Å². The molecule has 3 rings (SSSR count). The first kappa shape index (κ1) is 14.8. The Morgan fingerprint density at radius 1 is 1.45 bits per heavy atom. The van der Waals surface area contributed by atoms with Gasteiger partial charge in [-0.05, 0) is 37.8 Å². The molecular formula is C17H22N4O. The Bertz CT molecular complexity index is 623. The molecule has 1 aliphatic heterocycles. The van der Waals surface area contributed by atoms with Gasteiger partial charge in [0.15, 0.2) is 0 Å². The van der Waals surface area contributed by atoms with Gasteiger partial charge >= 0.3 is 0 Å². The van der Waals surface area contributed by atoms with E-state index >= 15 is 0 Å². The van der Waals surface area contributed by atoms with Gasteiger partial charge in [-0.2, -0.15) is 0 Å². The molecule has 1 amide bonds. The fourth-order valence-corrected chi connectivity index (χ4v) is 3.02. The number of piperidine rings is 1. The van der Waals surface area contributed by atoms with Gasteiger partial charge in [0.25, 0.3) is 0 Å². The molecule has 0 saturated carbocycles. The van der Waals surface area contributed by atoms with Crippen LogP contribution < -0.4 is 0 Å². The maximum absolute atomic E-state index is 12.4. The number of aryl methyl sites for hydroxylation is 2. The van der Waals surface area contributed by atoms with Crippen LogP contribution in [0.4, 0.5) is 0 Å². The van der Waals surface area contributed by atoms with E-state index < -0.39 is 0 Å². The highest BCUT2D eigenvalue weighted by Gasteiger charge is 2.26. The molecule has 0 aliphatic carbocycles. The molecule has 1 atom stereocenters. The van der Waals surface area contributed by atoms with E-state index in [1.54, 1.807) is 6.20 Å². The molecule has 22 heavy (non-hydrogen) atoms. The summed E-state index contributed by atoms with van der Waals surface area (Å²) >= 11 is 0. The normalized spacial score (nSPS) is 18.4. The largest absolute Gasteiger partial charge is 0.346 e. The third kappa shape index (κ3) is 3.53. The van der Waals surface area contributed by atoms with Crippen molar-refractivity contribution in [1.29, 1.82) is 0 Å². The van der Waals surface area contributed by atoms with Crippen molar-refractivity contribution in [3.8, 4) is 0 Å². The number of carbonyl (C=O) groups excluding carboxylic acids is 1. The summed E-state index contributed by atoms with van der Waals surface area (Å²) in [5.74, 6) is 1.59. The van der Waals surface area contributed by atoms with E-state index in [0.29, 0.717) is 12.3 Å². The van der Waals surface area contributed by atoms with E-state index in [-0.39, 0.29) is 5.91 Å². The van der Waals surface area contributed by atoms with Crippen LogP contribution in [0.2, 0.25) is 0 Å². The zero-order valence-electron chi connectivity index (χ0n) is 13.0. The smallest absolute Gasteiger partial charge is 0.222 e. The maximum Gasteiger partial charge on any atom is 0.222 e. The number of nitrogens with zero attached hydrogens (tertiary/aromatic N) is 3. The van der Waals surface area contributed by atoms with Crippen LogP contribution in [0.3, 0.4) is 0 Å². The van der Waals surface area contributed by atoms with Gasteiger partial charge in [0.2, 0.25) is 5.91 Å². The molecule has 116 valence electrons. The Kier molecular flexibility index (Phi) is 4.51. The topological polar surface area (TPSA) is 61.9 Å². The molecule has 1 aliphatic rings. The molecule has 2 aromatic heterocycles. The van der Waals surface area contributed by atoms with Gasteiger partial charge in [-0.25, -0.2) is 4.98 Å². The lowest BCUT2D eigenvalue weighted by atomic mass is 9.97. The molecular weight excluding hydrogens is 276 g/mol. The number of rotatable bonds is 4. The fraction of sp³-hybridized carbons (Fsp3) is 0.471. The van der Waals surface area contributed by atoms with E-state index in [0.717, 1.165) is 49.4 Å². The summed E-state index contributed by atoms with van der Waals surface area (Å²) in [5.41, 5.74) is 2.20. The first-order valence-corrected chi connectivity index (χ1v) is 7.90. The highest BCUT2D eigenvalue weighted by Crippen LogP contribution is 2.25. The van der Waals surface area contributed by atoms with E-state index in [4.69, 9.17) is 0 Å². The minimum Gasteiger partial charge on any atom is -0.346 e. The van der Waals surface area contributed by atoms with Gasteiger partial charge in [0, 0.05) is 49.7 Å². The Morgan fingerprint density at radius 3 is 3.09 bits per heavy atom. The third-order valence-corrected chi connectivity index (χ3v) is 4.23. The maximum atomic E-state index is 12.4. The number of hydrogen-bond donors (Lipinski definition) is 1. The molecule has 2 aromatic rings.